The number of aromatic nitrogens is 4. The Morgan fingerprint density at radius 2 is 2.23 bits per heavy atom. The SMILES string of the molecule is Cn1c(C(=O)NCCCn2ccnn2)cc2cc(F)ccc21. The standard InChI is InChI=1S/C15H16FN5O/c1-20-13-4-3-12(16)9-11(13)10-14(20)15(22)17-5-2-7-21-8-6-18-19-21/h3-4,6,8-10H,2,5,7H2,1H3,(H,17,22). The number of nitrogens with zero attached hydrogens (tertiary/aromatic N) is 4. The molecule has 1 amide bonds. The van der Waals surface area contributed by atoms with Gasteiger partial charge in [0.25, 0.3) is 5.91 Å². The fraction of sp³-hybridized carbons (Fsp3) is 0.267. The Bertz CT molecular complexity index is 794. The van der Waals surface area contributed by atoms with Crippen molar-refractivity contribution in [2.75, 3.05) is 6.54 Å². The zero-order chi connectivity index (χ0) is 15.5. The topological polar surface area (TPSA) is 64.7 Å². The minimum Gasteiger partial charge on any atom is -0.351 e. The Morgan fingerprint density at radius 3 is 3.00 bits per heavy atom. The van der Waals surface area contributed by atoms with Crippen LogP contribution in [0.25, 0.3) is 10.9 Å². The maximum atomic E-state index is 13.2. The Labute approximate surface area is 126 Å². The van der Waals surface area contributed by atoms with Crippen LogP contribution < -0.4 is 5.32 Å². The second-order valence-electron chi connectivity index (χ2n) is 5.07. The van der Waals surface area contributed by atoms with Crippen LogP contribution in [-0.2, 0) is 13.6 Å². The number of benzene rings is 1. The van der Waals surface area contributed by atoms with Gasteiger partial charge in [-0.1, -0.05) is 5.21 Å². The van der Waals surface area contributed by atoms with E-state index in [2.05, 4.69) is 15.6 Å². The average molecular weight is 301 g/mol. The molecule has 0 saturated carbocycles. The third-order valence-corrected chi connectivity index (χ3v) is 3.56. The van der Waals surface area contributed by atoms with E-state index in [0.717, 1.165) is 17.3 Å². The molecule has 3 aromatic rings. The predicted molar refractivity (Wildman–Crippen MR) is 79.8 cm³/mol. The second kappa shape index (κ2) is 5.97. The molecule has 22 heavy (non-hydrogen) atoms. The normalized spacial score (nSPS) is 11.0. The highest BCUT2D eigenvalue weighted by Gasteiger charge is 2.13. The first-order valence-electron chi connectivity index (χ1n) is 7.02. The molecule has 3 rings (SSSR count). The first-order valence-corrected chi connectivity index (χ1v) is 7.02. The van der Waals surface area contributed by atoms with Crippen molar-refractivity contribution in [2.45, 2.75) is 13.0 Å². The predicted octanol–water partition coefficient (Wildman–Crippen LogP) is 1.73. The molecule has 0 aliphatic rings. The van der Waals surface area contributed by atoms with E-state index in [1.807, 2.05) is 0 Å². The number of carbonyl (C=O) groups is 1. The number of nitrogens with one attached hydrogen (secondary N) is 1. The van der Waals surface area contributed by atoms with Crippen molar-refractivity contribution >= 4 is 16.8 Å². The number of carbonyl (C=O) groups excluding carboxylic acids is 1. The van der Waals surface area contributed by atoms with Gasteiger partial charge in [-0.05, 0) is 30.7 Å². The Balaban J connectivity index is 1.63. The number of fused-ring (bicyclic) bond motifs is 1. The maximum absolute atomic E-state index is 13.2. The number of hydrogen-bond acceptors (Lipinski definition) is 3. The lowest BCUT2D eigenvalue weighted by molar-refractivity contribution is 0.0945. The Kier molecular flexibility index (Phi) is 3.86. The van der Waals surface area contributed by atoms with Crippen LogP contribution in [-0.4, -0.2) is 32.0 Å². The van der Waals surface area contributed by atoms with E-state index in [9.17, 15) is 9.18 Å². The van der Waals surface area contributed by atoms with Gasteiger partial charge in [0.15, 0.2) is 0 Å². The first-order chi connectivity index (χ1) is 10.6. The van der Waals surface area contributed by atoms with Gasteiger partial charge in [0.1, 0.15) is 11.5 Å². The fourth-order valence-electron chi connectivity index (χ4n) is 2.42. The minimum absolute atomic E-state index is 0.169. The van der Waals surface area contributed by atoms with Crippen LogP contribution in [0.3, 0.4) is 0 Å². The van der Waals surface area contributed by atoms with Crippen LogP contribution in [0.5, 0.6) is 0 Å². The highest BCUT2D eigenvalue weighted by atomic mass is 19.1. The van der Waals surface area contributed by atoms with Gasteiger partial charge in [-0.3, -0.25) is 9.48 Å². The molecular weight excluding hydrogens is 285 g/mol. The van der Waals surface area contributed by atoms with Gasteiger partial charge < -0.3 is 9.88 Å². The van der Waals surface area contributed by atoms with E-state index in [1.165, 1.54) is 12.1 Å². The summed E-state index contributed by atoms with van der Waals surface area (Å²) in [6.07, 6.45) is 4.15. The lowest BCUT2D eigenvalue weighted by Gasteiger charge is -2.06. The highest BCUT2D eigenvalue weighted by Crippen LogP contribution is 2.19. The number of halogens is 1. The van der Waals surface area contributed by atoms with Crippen LogP contribution in [0.4, 0.5) is 4.39 Å². The molecule has 114 valence electrons. The minimum atomic E-state index is -0.308. The molecule has 0 saturated heterocycles. The molecule has 2 heterocycles. The van der Waals surface area contributed by atoms with Crippen molar-refractivity contribution in [2.24, 2.45) is 7.05 Å². The summed E-state index contributed by atoms with van der Waals surface area (Å²) in [5, 5.41) is 11.2. The maximum Gasteiger partial charge on any atom is 0.267 e. The number of hydrogen-bond donors (Lipinski definition) is 1. The molecule has 2 aromatic heterocycles. The summed E-state index contributed by atoms with van der Waals surface area (Å²) in [7, 11) is 1.80. The molecular formula is C15H16FN5O. The van der Waals surface area contributed by atoms with E-state index in [-0.39, 0.29) is 11.7 Å². The fourth-order valence-corrected chi connectivity index (χ4v) is 2.42. The van der Waals surface area contributed by atoms with Crippen LogP contribution in [0.1, 0.15) is 16.9 Å². The van der Waals surface area contributed by atoms with Crippen LogP contribution in [0, 0.1) is 5.82 Å². The summed E-state index contributed by atoms with van der Waals surface area (Å²) in [6.45, 7) is 1.23. The second-order valence-corrected chi connectivity index (χ2v) is 5.07. The molecule has 1 N–H and O–H groups in total. The van der Waals surface area contributed by atoms with Crippen molar-refractivity contribution in [1.29, 1.82) is 0 Å². The molecule has 0 aliphatic carbocycles. The molecule has 0 fully saturated rings. The van der Waals surface area contributed by atoms with Gasteiger partial charge >= 0.3 is 0 Å². The van der Waals surface area contributed by atoms with Crippen molar-refractivity contribution in [1.82, 2.24) is 24.9 Å². The molecule has 0 bridgehead atoms. The molecule has 0 radical (unpaired) electrons. The van der Waals surface area contributed by atoms with Crippen LogP contribution in [0.15, 0.2) is 36.7 Å². The summed E-state index contributed by atoms with van der Waals surface area (Å²) in [5.74, 6) is -0.476. The third-order valence-electron chi connectivity index (χ3n) is 3.56. The molecule has 0 aliphatic heterocycles. The molecule has 0 unspecified atom stereocenters. The summed E-state index contributed by atoms with van der Waals surface area (Å²) in [5.41, 5.74) is 1.34. The number of rotatable bonds is 5. The van der Waals surface area contributed by atoms with Gasteiger partial charge in [-0.2, -0.15) is 0 Å². The van der Waals surface area contributed by atoms with Gasteiger partial charge in [-0.25, -0.2) is 4.39 Å². The molecule has 1 aromatic carbocycles. The third kappa shape index (κ3) is 2.83. The van der Waals surface area contributed by atoms with Gasteiger partial charge in [-0.15, -0.1) is 5.10 Å². The van der Waals surface area contributed by atoms with Crippen molar-refractivity contribution in [3.63, 3.8) is 0 Å². The molecule has 7 heteroatoms. The summed E-state index contributed by atoms with van der Waals surface area (Å²) < 4.78 is 16.7. The lowest BCUT2D eigenvalue weighted by atomic mass is 10.2. The van der Waals surface area contributed by atoms with Crippen LogP contribution in [0.2, 0.25) is 0 Å². The molecule has 0 atom stereocenters. The molecule has 6 nitrogen and oxygen atoms in total. The number of aryl methyl sites for hydroxylation is 2. The summed E-state index contributed by atoms with van der Waals surface area (Å²) in [6, 6.07) is 6.19. The Morgan fingerprint density at radius 1 is 1.36 bits per heavy atom. The first kappa shape index (κ1) is 14.2. The smallest absolute Gasteiger partial charge is 0.267 e. The van der Waals surface area contributed by atoms with E-state index in [1.54, 1.807) is 40.8 Å². The Hall–Kier alpha value is -2.70. The monoisotopic (exact) mass is 301 g/mol. The summed E-state index contributed by atoms with van der Waals surface area (Å²) in [4.78, 5) is 12.2. The van der Waals surface area contributed by atoms with Crippen molar-refractivity contribution in [3.05, 3.63) is 48.2 Å². The quantitative estimate of drug-likeness (QED) is 0.730. The van der Waals surface area contributed by atoms with E-state index in [4.69, 9.17) is 0 Å². The van der Waals surface area contributed by atoms with E-state index >= 15 is 0 Å². The highest BCUT2D eigenvalue weighted by molar-refractivity contribution is 5.98. The lowest BCUT2D eigenvalue weighted by Crippen LogP contribution is -2.27. The number of amides is 1. The van der Waals surface area contributed by atoms with Crippen molar-refractivity contribution < 1.29 is 9.18 Å². The van der Waals surface area contributed by atoms with E-state index in [0.29, 0.717) is 18.8 Å². The van der Waals surface area contributed by atoms with Gasteiger partial charge in [0, 0.05) is 37.2 Å². The zero-order valence-electron chi connectivity index (χ0n) is 12.2. The average Bonchev–Trinajstić information content (AvgIpc) is 3.11. The van der Waals surface area contributed by atoms with Crippen molar-refractivity contribution in [3.8, 4) is 0 Å². The molecule has 0 spiro atoms. The van der Waals surface area contributed by atoms with Gasteiger partial charge in [0.05, 0.1) is 6.20 Å². The van der Waals surface area contributed by atoms with Crippen LogP contribution >= 0.6 is 0 Å². The summed E-state index contributed by atoms with van der Waals surface area (Å²) >= 11 is 0. The zero-order valence-corrected chi connectivity index (χ0v) is 12.2. The largest absolute Gasteiger partial charge is 0.351 e. The van der Waals surface area contributed by atoms with E-state index < -0.39 is 0 Å². The van der Waals surface area contributed by atoms with Gasteiger partial charge in [0.2, 0.25) is 0 Å².